The first-order chi connectivity index (χ1) is 15.3. The molecule has 4 rings (SSSR count). The predicted octanol–water partition coefficient (Wildman–Crippen LogP) is 3.27. The maximum atomic E-state index is 13.4. The van der Waals surface area contributed by atoms with Crippen LogP contribution in [-0.4, -0.2) is 34.5 Å². The molecule has 11 heteroatoms. The van der Waals surface area contributed by atoms with Crippen LogP contribution in [0, 0.1) is 11.7 Å². The van der Waals surface area contributed by atoms with Crippen molar-refractivity contribution in [2.45, 2.75) is 32.2 Å². The summed E-state index contributed by atoms with van der Waals surface area (Å²) in [5.74, 6) is -0.897. The molecule has 1 aliphatic rings. The second-order valence-corrected chi connectivity index (χ2v) is 8.58. The van der Waals surface area contributed by atoms with Crippen LogP contribution in [0.2, 0.25) is 0 Å². The van der Waals surface area contributed by atoms with E-state index in [9.17, 15) is 14.0 Å². The van der Waals surface area contributed by atoms with Gasteiger partial charge < -0.3 is 25.6 Å². The van der Waals surface area contributed by atoms with Crippen molar-refractivity contribution in [1.29, 1.82) is 0 Å². The van der Waals surface area contributed by atoms with Crippen molar-refractivity contribution in [1.82, 2.24) is 10.1 Å². The fourth-order valence-electron chi connectivity index (χ4n) is 3.22. The summed E-state index contributed by atoms with van der Waals surface area (Å²) in [6.07, 6.45) is 3.45. The summed E-state index contributed by atoms with van der Waals surface area (Å²) in [5, 5.41) is 4.04. The van der Waals surface area contributed by atoms with Gasteiger partial charge in [0.1, 0.15) is 22.6 Å². The van der Waals surface area contributed by atoms with E-state index in [2.05, 4.69) is 10.1 Å². The first kappa shape index (κ1) is 21.8. The summed E-state index contributed by atoms with van der Waals surface area (Å²) >= 11 is 0.966. The molecule has 0 aliphatic heterocycles. The van der Waals surface area contributed by atoms with E-state index >= 15 is 0 Å². The van der Waals surface area contributed by atoms with Crippen LogP contribution in [0.4, 0.5) is 21.0 Å². The van der Waals surface area contributed by atoms with Gasteiger partial charge in [-0.2, -0.15) is 0 Å². The molecular formula is C21H22FN5O4S. The second-order valence-electron chi connectivity index (χ2n) is 7.60. The zero-order chi connectivity index (χ0) is 22.8. The molecule has 4 N–H and O–H groups in total. The van der Waals surface area contributed by atoms with Crippen LogP contribution in [0.5, 0.6) is 5.88 Å². The van der Waals surface area contributed by atoms with E-state index in [1.54, 1.807) is 6.92 Å². The number of thiazole rings is 1. The highest BCUT2D eigenvalue weighted by atomic mass is 32.1. The Morgan fingerprint density at radius 1 is 1.34 bits per heavy atom. The Kier molecular flexibility index (Phi) is 6.08. The molecule has 1 amide bonds. The summed E-state index contributed by atoms with van der Waals surface area (Å²) in [7, 11) is 0. The second kappa shape index (κ2) is 8.95. The average molecular weight is 460 g/mol. The Labute approximate surface area is 187 Å². The predicted molar refractivity (Wildman–Crippen MR) is 116 cm³/mol. The van der Waals surface area contributed by atoms with Crippen LogP contribution in [-0.2, 0) is 4.79 Å². The quantitative estimate of drug-likeness (QED) is 0.465. The molecule has 3 aromatic rings. The number of hydrogen-bond donors (Lipinski definition) is 2. The van der Waals surface area contributed by atoms with Gasteiger partial charge in [0.25, 0.3) is 5.88 Å². The van der Waals surface area contributed by atoms with Gasteiger partial charge in [-0.05, 0) is 55.1 Å². The zero-order valence-electron chi connectivity index (χ0n) is 17.3. The molecule has 32 heavy (non-hydrogen) atoms. The van der Waals surface area contributed by atoms with E-state index in [-0.39, 0.29) is 27.5 Å². The monoisotopic (exact) mass is 459 g/mol. The molecule has 1 fully saturated rings. The van der Waals surface area contributed by atoms with E-state index in [0.29, 0.717) is 18.2 Å². The fraction of sp³-hybridized carbons (Fsp3) is 0.333. The number of aromatic nitrogens is 2. The summed E-state index contributed by atoms with van der Waals surface area (Å²) in [6.45, 7) is 2.11. The van der Waals surface area contributed by atoms with Crippen LogP contribution < -0.4 is 21.1 Å². The summed E-state index contributed by atoms with van der Waals surface area (Å²) in [6, 6.07) is 6.05. The molecule has 1 saturated carbocycles. The third-order valence-corrected chi connectivity index (χ3v) is 6.43. The minimum Gasteiger partial charge on any atom is -0.475 e. The molecule has 0 saturated heterocycles. The number of primary amides is 1. The number of hydrogen-bond acceptors (Lipinski definition) is 9. The van der Waals surface area contributed by atoms with Crippen LogP contribution >= 0.6 is 11.3 Å². The highest BCUT2D eigenvalue weighted by molar-refractivity contribution is 7.18. The standard InChI is InChI=1S/C21H22FN5O4S/c1-11(20(24)29)27(14-7-5-13(22)6-8-14)21-25-19(23)18(32-21)17(28)15-9-16(26-31-15)30-10-12-3-2-4-12/h5-9,11-12H,2-4,10,23H2,1H3,(H2,24,29). The lowest BCUT2D eigenvalue weighted by molar-refractivity contribution is -0.118. The minimum atomic E-state index is -0.828. The summed E-state index contributed by atoms with van der Waals surface area (Å²) in [4.78, 5) is 30.7. The fourth-order valence-corrected chi connectivity index (χ4v) is 4.26. The minimum absolute atomic E-state index is 0.0351. The third-order valence-electron chi connectivity index (χ3n) is 5.36. The SMILES string of the molecule is CC(C(N)=O)N(c1ccc(F)cc1)c1nc(N)c(C(=O)c2cc(OCC3CCC3)no2)s1. The van der Waals surface area contributed by atoms with E-state index in [0.717, 1.165) is 24.2 Å². The van der Waals surface area contributed by atoms with E-state index < -0.39 is 23.5 Å². The van der Waals surface area contributed by atoms with Gasteiger partial charge in [0, 0.05) is 5.69 Å². The topological polar surface area (TPSA) is 138 Å². The normalized spacial score (nSPS) is 14.6. The highest BCUT2D eigenvalue weighted by Crippen LogP contribution is 2.36. The molecule has 0 radical (unpaired) electrons. The molecular weight excluding hydrogens is 437 g/mol. The number of halogens is 1. The number of anilines is 3. The number of carbonyl (C=O) groups excluding carboxylic acids is 2. The van der Waals surface area contributed by atoms with Crippen molar-refractivity contribution in [3.63, 3.8) is 0 Å². The van der Waals surface area contributed by atoms with E-state index in [1.807, 2.05) is 0 Å². The lowest BCUT2D eigenvalue weighted by Gasteiger charge is -2.26. The number of benzene rings is 1. The highest BCUT2D eigenvalue weighted by Gasteiger charge is 2.29. The zero-order valence-corrected chi connectivity index (χ0v) is 18.1. The van der Waals surface area contributed by atoms with Gasteiger partial charge in [0.15, 0.2) is 5.13 Å². The van der Waals surface area contributed by atoms with Gasteiger partial charge in [-0.15, -0.1) is 0 Å². The molecule has 2 aromatic heterocycles. The number of nitrogens with two attached hydrogens (primary N) is 2. The molecule has 1 atom stereocenters. The van der Waals surface area contributed by atoms with Gasteiger partial charge in [0.05, 0.1) is 12.7 Å². The first-order valence-electron chi connectivity index (χ1n) is 10.1. The van der Waals surface area contributed by atoms with Crippen LogP contribution in [0.25, 0.3) is 0 Å². The summed E-state index contributed by atoms with van der Waals surface area (Å²) < 4.78 is 24.1. The Bertz CT molecular complexity index is 1130. The Hall–Kier alpha value is -3.47. The van der Waals surface area contributed by atoms with Crippen LogP contribution in [0.1, 0.15) is 41.6 Å². The van der Waals surface area contributed by atoms with Crippen LogP contribution in [0.3, 0.4) is 0 Å². The first-order valence-corrected chi connectivity index (χ1v) is 10.9. The number of ketones is 1. The summed E-state index contributed by atoms with van der Waals surface area (Å²) in [5.41, 5.74) is 12.0. The lowest BCUT2D eigenvalue weighted by Crippen LogP contribution is -2.39. The molecule has 1 aliphatic carbocycles. The van der Waals surface area contributed by atoms with Crippen molar-refractivity contribution < 1.29 is 23.2 Å². The molecule has 0 bridgehead atoms. The number of nitrogen functional groups attached to an aromatic ring is 1. The molecule has 2 heterocycles. The van der Waals surface area contributed by atoms with Gasteiger partial charge in [0.2, 0.25) is 17.5 Å². The molecule has 1 aromatic carbocycles. The molecule has 0 spiro atoms. The number of amides is 1. The smallest absolute Gasteiger partial charge is 0.254 e. The number of rotatable bonds is 9. The maximum Gasteiger partial charge on any atom is 0.254 e. The van der Waals surface area contributed by atoms with Crippen molar-refractivity contribution >= 4 is 39.7 Å². The van der Waals surface area contributed by atoms with Gasteiger partial charge in [-0.1, -0.05) is 17.8 Å². The van der Waals surface area contributed by atoms with Gasteiger partial charge in [-0.25, -0.2) is 9.37 Å². The van der Waals surface area contributed by atoms with Crippen molar-refractivity contribution in [3.05, 3.63) is 46.8 Å². The lowest BCUT2D eigenvalue weighted by atomic mass is 9.86. The van der Waals surface area contributed by atoms with Crippen LogP contribution in [0.15, 0.2) is 34.9 Å². The Morgan fingerprint density at radius 3 is 2.69 bits per heavy atom. The largest absolute Gasteiger partial charge is 0.475 e. The van der Waals surface area contributed by atoms with Gasteiger partial charge in [-0.3, -0.25) is 9.59 Å². The van der Waals surface area contributed by atoms with Crippen molar-refractivity contribution in [2.24, 2.45) is 11.7 Å². The van der Waals surface area contributed by atoms with Crippen molar-refractivity contribution in [2.75, 3.05) is 17.2 Å². The number of carbonyl (C=O) groups is 2. The van der Waals surface area contributed by atoms with Gasteiger partial charge >= 0.3 is 0 Å². The molecule has 1 unspecified atom stereocenters. The van der Waals surface area contributed by atoms with Crippen molar-refractivity contribution in [3.8, 4) is 5.88 Å². The molecule has 9 nitrogen and oxygen atoms in total. The van der Waals surface area contributed by atoms with E-state index in [1.165, 1.54) is 41.7 Å². The maximum absolute atomic E-state index is 13.4. The Balaban J connectivity index is 1.58. The third kappa shape index (κ3) is 4.42. The number of nitrogens with zero attached hydrogens (tertiary/aromatic N) is 3. The average Bonchev–Trinajstić information content (AvgIpc) is 3.35. The van der Waals surface area contributed by atoms with E-state index in [4.69, 9.17) is 20.7 Å². The Morgan fingerprint density at radius 2 is 2.06 bits per heavy atom. The number of ether oxygens (including phenoxy) is 1. The molecule has 168 valence electrons.